The summed E-state index contributed by atoms with van der Waals surface area (Å²) in [6.07, 6.45) is 0.288. The van der Waals surface area contributed by atoms with Crippen molar-refractivity contribution in [2.75, 3.05) is 28.2 Å². The molecule has 1 aliphatic rings. The summed E-state index contributed by atoms with van der Waals surface area (Å²) in [4.78, 5) is 29.3. The second kappa shape index (κ2) is 7.82. The van der Waals surface area contributed by atoms with Gasteiger partial charge in [0.05, 0.1) is 17.9 Å². The van der Waals surface area contributed by atoms with Crippen LogP contribution < -0.4 is 15.1 Å². The van der Waals surface area contributed by atoms with Gasteiger partial charge in [-0.1, -0.05) is 24.3 Å². The molecule has 0 bridgehead atoms. The molecule has 27 heavy (non-hydrogen) atoms. The summed E-state index contributed by atoms with van der Waals surface area (Å²) in [7, 11) is 0. The molecule has 3 rings (SSSR count). The minimum absolute atomic E-state index is 0.00536. The Morgan fingerprint density at radius 1 is 1.22 bits per heavy atom. The van der Waals surface area contributed by atoms with Gasteiger partial charge >= 0.3 is 0 Å². The molecule has 1 N–H and O–H groups in total. The molecule has 5 nitrogen and oxygen atoms in total. The zero-order valence-electron chi connectivity index (χ0n) is 16.5. The van der Waals surface area contributed by atoms with Crippen molar-refractivity contribution in [3.05, 3.63) is 53.6 Å². The number of nitrogens with zero attached hydrogens (tertiary/aromatic N) is 2. The Bertz CT molecular complexity index is 862. The average Bonchev–Trinajstić information content (AvgIpc) is 2.76. The molecule has 142 valence electrons. The van der Waals surface area contributed by atoms with Gasteiger partial charge in [-0.05, 0) is 57.0 Å². The molecule has 0 spiro atoms. The van der Waals surface area contributed by atoms with Crippen LogP contribution in [-0.4, -0.2) is 30.9 Å². The predicted molar refractivity (Wildman–Crippen MR) is 110 cm³/mol. The monoisotopic (exact) mass is 365 g/mol. The molecule has 0 fully saturated rings. The van der Waals surface area contributed by atoms with Gasteiger partial charge in [-0.3, -0.25) is 9.59 Å². The third-order valence-electron chi connectivity index (χ3n) is 5.04. The molecule has 0 aromatic heterocycles. The number of nitrogens with one attached hydrogen (secondary N) is 1. The van der Waals surface area contributed by atoms with Crippen LogP contribution in [-0.2, 0) is 9.59 Å². The Hall–Kier alpha value is -2.82. The zero-order valence-corrected chi connectivity index (χ0v) is 16.5. The van der Waals surface area contributed by atoms with Crippen molar-refractivity contribution in [3.8, 4) is 0 Å². The molecule has 0 unspecified atom stereocenters. The largest absolute Gasteiger partial charge is 0.362 e. The number of hydrogen-bond acceptors (Lipinski definition) is 3. The van der Waals surface area contributed by atoms with Gasteiger partial charge < -0.3 is 15.1 Å². The summed E-state index contributed by atoms with van der Waals surface area (Å²) >= 11 is 0. The Morgan fingerprint density at radius 2 is 1.96 bits per heavy atom. The maximum absolute atomic E-state index is 13.3. The minimum atomic E-state index is -0.196. The summed E-state index contributed by atoms with van der Waals surface area (Å²) in [5, 5.41) is 2.91. The third-order valence-corrected chi connectivity index (χ3v) is 5.04. The molecule has 1 aliphatic heterocycles. The Kier molecular flexibility index (Phi) is 5.49. The highest BCUT2D eigenvalue weighted by molar-refractivity contribution is 6.05. The van der Waals surface area contributed by atoms with Crippen LogP contribution in [0.25, 0.3) is 0 Å². The zero-order chi connectivity index (χ0) is 19.6. The van der Waals surface area contributed by atoms with Crippen LogP contribution in [0.2, 0.25) is 0 Å². The van der Waals surface area contributed by atoms with Gasteiger partial charge in [0, 0.05) is 24.7 Å². The molecule has 0 saturated carbocycles. The number of hydrogen-bond donors (Lipinski definition) is 1. The van der Waals surface area contributed by atoms with Gasteiger partial charge in [-0.2, -0.15) is 0 Å². The topological polar surface area (TPSA) is 52.7 Å². The lowest BCUT2D eigenvalue weighted by molar-refractivity contribution is -0.118. The van der Waals surface area contributed by atoms with E-state index in [0.717, 1.165) is 23.5 Å². The van der Waals surface area contributed by atoms with E-state index in [1.807, 2.05) is 31.2 Å². The molecule has 0 radical (unpaired) electrons. The fourth-order valence-electron chi connectivity index (χ4n) is 3.63. The number of carbonyl (C=O) groups is 2. The van der Waals surface area contributed by atoms with E-state index in [-0.39, 0.29) is 30.8 Å². The van der Waals surface area contributed by atoms with Crippen molar-refractivity contribution in [2.24, 2.45) is 0 Å². The van der Waals surface area contributed by atoms with Crippen molar-refractivity contribution < 1.29 is 9.59 Å². The van der Waals surface area contributed by atoms with Crippen molar-refractivity contribution in [3.63, 3.8) is 0 Å². The number of fused-ring (bicyclic) bond motifs is 1. The Morgan fingerprint density at radius 3 is 2.70 bits per heavy atom. The minimum Gasteiger partial charge on any atom is -0.362 e. The number of para-hydroxylation sites is 2. The first kappa shape index (κ1) is 19.0. The van der Waals surface area contributed by atoms with E-state index in [0.29, 0.717) is 5.69 Å². The highest BCUT2D eigenvalue weighted by atomic mass is 16.2. The second-order valence-corrected chi connectivity index (χ2v) is 7.19. The van der Waals surface area contributed by atoms with Crippen LogP contribution >= 0.6 is 0 Å². The van der Waals surface area contributed by atoms with E-state index in [1.54, 1.807) is 4.90 Å². The molecule has 0 saturated heterocycles. The molecule has 5 heteroatoms. The average molecular weight is 365 g/mol. The number of carbonyl (C=O) groups excluding carboxylic acids is 2. The van der Waals surface area contributed by atoms with Gasteiger partial charge in [0.2, 0.25) is 11.8 Å². The van der Waals surface area contributed by atoms with Crippen molar-refractivity contribution >= 4 is 28.9 Å². The fourth-order valence-corrected chi connectivity index (χ4v) is 3.63. The van der Waals surface area contributed by atoms with Crippen molar-refractivity contribution in [1.82, 2.24) is 0 Å². The lowest BCUT2D eigenvalue weighted by atomic mass is 10.1. The summed E-state index contributed by atoms with van der Waals surface area (Å²) in [6, 6.07) is 13.6. The smallest absolute Gasteiger partial charge is 0.246 e. The molecule has 2 aromatic rings. The van der Waals surface area contributed by atoms with Crippen LogP contribution in [0.15, 0.2) is 42.5 Å². The lowest BCUT2D eigenvalue weighted by Gasteiger charge is -2.32. The van der Waals surface area contributed by atoms with E-state index in [9.17, 15) is 9.59 Å². The molecule has 1 atom stereocenters. The van der Waals surface area contributed by atoms with Crippen LogP contribution in [0, 0.1) is 13.8 Å². The number of likely N-dealkylation sites (N-methyl/N-ethyl adjacent to an activating group) is 1. The first-order chi connectivity index (χ1) is 12.9. The number of aryl methyl sites for hydroxylation is 2. The summed E-state index contributed by atoms with van der Waals surface area (Å²) in [6.45, 7) is 9.11. The standard InChI is InChI=1S/C22H27N3O2/c1-5-24(20-12-15(2)10-11-16(20)3)14-22(27)25-17(4)13-21(26)23-18-8-6-7-9-19(18)25/h6-12,17H,5,13-14H2,1-4H3,(H,23,26)/t17-/m0/s1. The Labute approximate surface area is 161 Å². The summed E-state index contributed by atoms with van der Waals surface area (Å²) in [5.41, 5.74) is 4.85. The van der Waals surface area contributed by atoms with Crippen LogP contribution in [0.1, 0.15) is 31.4 Å². The highest BCUT2D eigenvalue weighted by Gasteiger charge is 2.30. The van der Waals surface area contributed by atoms with Crippen LogP contribution in [0.5, 0.6) is 0 Å². The number of amides is 2. The highest BCUT2D eigenvalue weighted by Crippen LogP contribution is 2.32. The first-order valence-electron chi connectivity index (χ1n) is 9.43. The number of rotatable bonds is 4. The molecule has 2 amide bonds. The normalized spacial score (nSPS) is 16.4. The van der Waals surface area contributed by atoms with Crippen LogP contribution in [0.4, 0.5) is 17.1 Å². The van der Waals surface area contributed by atoms with E-state index in [2.05, 4.69) is 49.2 Å². The number of benzene rings is 2. The van der Waals surface area contributed by atoms with Crippen molar-refractivity contribution in [1.29, 1.82) is 0 Å². The van der Waals surface area contributed by atoms with E-state index < -0.39 is 0 Å². The second-order valence-electron chi connectivity index (χ2n) is 7.19. The lowest BCUT2D eigenvalue weighted by Crippen LogP contribution is -2.45. The maximum Gasteiger partial charge on any atom is 0.246 e. The SMILES string of the molecule is CCN(CC(=O)N1c2ccccc2NC(=O)C[C@@H]1C)c1cc(C)ccc1C. The quantitative estimate of drug-likeness (QED) is 0.894. The van der Waals surface area contributed by atoms with Gasteiger partial charge in [-0.15, -0.1) is 0 Å². The molecule has 2 aromatic carbocycles. The molecule has 1 heterocycles. The molecular formula is C22H27N3O2. The number of anilines is 3. The fraction of sp³-hybridized carbons (Fsp3) is 0.364. The van der Waals surface area contributed by atoms with Gasteiger partial charge in [0.25, 0.3) is 0 Å². The van der Waals surface area contributed by atoms with E-state index in [4.69, 9.17) is 0 Å². The third kappa shape index (κ3) is 3.97. The molecule has 0 aliphatic carbocycles. The van der Waals surface area contributed by atoms with Gasteiger partial charge in [0.1, 0.15) is 0 Å². The predicted octanol–water partition coefficient (Wildman–Crippen LogP) is 3.89. The van der Waals surface area contributed by atoms with E-state index in [1.165, 1.54) is 5.56 Å². The van der Waals surface area contributed by atoms with Gasteiger partial charge in [0.15, 0.2) is 0 Å². The van der Waals surface area contributed by atoms with Gasteiger partial charge in [-0.25, -0.2) is 0 Å². The van der Waals surface area contributed by atoms with Crippen molar-refractivity contribution in [2.45, 2.75) is 40.2 Å². The van der Waals surface area contributed by atoms with Crippen LogP contribution in [0.3, 0.4) is 0 Å². The van der Waals surface area contributed by atoms with E-state index >= 15 is 0 Å². The summed E-state index contributed by atoms with van der Waals surface area (Å²) < 4.78 is 0. The summed E-state index contributed by atoms with van der Waals surface area (Å²) in [5.74, 6) is -0.0682. The first-order valence-corrected chi connectivity index (χ1v) is 9.43. The maximum atomic E-state index is 13.3. The molecular weight excluding hydrogens is 338 g/mol. The Balaban J connectivity index is 1.92.